The average molecular weight is 292 g/mol. The first-order valence-electron chi connectivity index (χ1n) is 7.42. The molecule has 0 bridgehead atoms. The van der Waals surface area contributed by atoms with E-state index in [2.05, 4.69) is 5.32 Å². The van der Waals surface area contributed by atoms with Crippen LogP contribution in [0.15, 0.2) is 24.3 Å². The van der Waals surface area contributed by atoms with Gasteiger partial charge in [-0.25, -0.2) is 0 Å². The van der Waals surface area contributed by atoms with E-state index in [1.54, 1.807) is 0 Å². The number of amides is 1. The molecule has 5 heteroatoms. The van der Waals surface area contributed by atoms with Crippen molar-refractivity contribution in [2.75, 3.05) is 11.9 Å². The van der Waals surface area contributed by atoms with Crippen molar-refractivity contribution in [2.24, 2.45) is 5.73 Å². The van der Waals surface area contributed by atoms with Gasteiger partial charge in [0, 0.05) is 18.5 Å². The van der Waals surface area contributed by atoms with Gasteiger partial charge in [0.25, 0.3) is 0 Å². The third-order valence-electron chi connectivity index (χ3n) is 3.22. The topological polar surface area (TPSA) is 92.4 Å². The Morgan fingerprint density at radius 1 is 1.00 bits per heavy atom. The summed E-state index contributed by atoms with van der Waals surface area (Å²) in [5.74, 6) is -0.789. The minimum Gasteiger partial charge on any atom is -0.481 e. The lowest BCUT2D eigenvalue weighted by atomic mass is 10.1. The first-order chi connectivity index (χ1) is 10.1. The number of carboxylic acids is 1. The van der Waals surface area contributed by atoms with Gasteiger partial charge in [-0.3, -0.25) is 9.59 Å². The molecule has 0 aliphatic heterocycles. The molecular weight excluding hydrogens is 268 g/mol. The Balaban J connectivity index is 2.27. The highest BCUT2D eigenvalue weighted by Gasteiger charge is 2.03. The van der Waals surface area contributed by atoms with E-state index in [1.165, 1.54) is 0 Å². The van der Waals surface area contributed by atoms with E-state index in [1.807, 2.05) is 24.3 Å². The molecule has 0 heterocycles. The van der Waals surface area contributed by atoms with Crippen LogP contribution in [-0.4, -0.2) is 23.5 Å². The summed E-state index contributed by atoms with van der Waals surface area (Å²) in [5, 5.41) is 11.5. The second-order valence-electron chi connectivity index (χ2n) is 5.09. The summed E-state index contributed by atoms with van der Waals surface area (Å²) in [7, 11) is 0. The zero-order valence-corrected chi connectivity index (χ0v) is 12.3. The molecule has 1 amide bonds. The molecule has 0 spiro atoms. The predicted octanol–water partition coefficient (Wildman–Crippen LogP) is 2.55. The molecule has 0 aliphatic rings. The molecule has 0 unspecified atom stereocenters. The molecule has 1 rings (SSSR count). The molecule has 5 nitrogen and oxygen atoms in total. The van der Waals surface area contributed by atoms with Crippen LogP contribution in [0.25, 0.3) is 0 Å². The normalized spacial score (nSPS) is 10.3. The molecule has 0 aliphatic carbocycles. The number of carboxylic acid groups (broad SMARTS) is 1. The van der Waals surface area contributed by atoms with Crippen molar-refractivity contribution in [2.45, 2.75) is 44.9 Å². The minimum atomic E-state index is -0.804. The Hall–Kier alpha value is -1.88. The standard InChI is InChI=1S/C16H24N2O3/c17-12-4-2-1-3-5-15(19)18-14-9-6-13(7-10-14)8-11-16(20)21/h6-7,9-10H,1-5,8,11-12,17H2,(H,18,19)(H,20,21). The summed E-state index contributed by atoms with van der Waals surface area (Å²) >= 11 is 0. The van der Waals surface area contributed by atoms with Gasteiger partial charge in [0.2, 0.25) is 5.91 Å². The van der Waals surface area contributed by atoms with Crippen LogP contribution in [0.1, 0.15) is 44.1 Å². The Kier molecular flexibility index (Phi) is 8.12. The van der Waals surface area contributed by atoms with Crippen LogP contribution in [0.4, 0.5) is 5.69 Å². The first kappa shape index (κ1) is 17.2. The fraction of sp³-hybridized carbons (Fsp3) is 0.500. The van der Waals surface area contributed by atoms with Gasteiger partial charge in [0.05, 0.1) is 0 Å². The summed E-state index contributed by atoms with van der Waals surface area (Å²) in [4.78, 5) is 22.2. The number of carbonyl (C=O) groups excluding carboxylic acids is 1. The Labute approximate surface area is 125 Å². The van der Waals surface area contributed by atoms with Gasteiger partial charge in [-0.1, -0.05) is 25.0 Å². The highest BCUT2D eigenvalue weighted by atomic mass is 16.4. The predicted molar refractivity (Wildman–Crippen MR) is 83.2 cm³/mol. The van der Waals surface area contributed by atoms with Crippen molar-refractivity contribution >= 4 is 17.6 Å². The lowest BCUT2D eigenvalue weighted by Crippen LogP contribution is -2.11. The Morgan fingerprint density at radius 3 is 2.29 bits per heavy atom. The van der Waals surface area contributed by atoms with E-state index < -0.39 is 5.97 Å². The average Bonchev–Trinajstić information content (AvgIpc) is 2.46. The molecule has 116 valence electrons. The number of hydrogen-bond acceptors (Lipinski definition) is 3. The number of unbranched alkanes of at least 4 members (excludes halogenated alkanes) is 3. The number of aryl methyl sites for hydroxylation is 1. The monoisotopic (exact) mass is 292 g/mol. The highest BCUT2D eigenvalue weighted by molar-refractivity contribution is 5.90. The fourth-order valence-electron chi connectivity index (χ4n) is 2.01. The van der Waals surface area contributed by atoms with Gasteiger partial charge in [0.1, 0.15) is 0 Å². The van der Waals surface area contributed by atoms with Crippen LogP contribution >= 0.6 is 0 Å². The molecule has 21 heavy (non-hydrogen) atoms. The molecule has 1 aromatic rings. The highest BCUT2D eigenvalue weighted by Crippen LogP contribution is 2.12. The number of anilines is 1. The number of hydrogen-bond donors (Lipinski definition) is 3. The Bertz CT molecular complexity index is 443. The summed E-state index contributed by atoms with van der Waals surface area (Å²) in [5.41, 5.74) is 7.12. The van der Waals surface area contributed by atoms with Crippen molar-refractivity contribution in [3.8, 4) is 0 Å². The SMILES string of the molecule is NCCCCCCC(=O)Nc1ccc(CCC(=O)O)cc1. The van der Waals surface area contributed by atoms with Gasteiger partial charge in [-0.15, -0.1) is 0 Å². The van der Waals surface area contributed by atoms with E-state index in [4.69, 9.17) is 10.8 Å². The maximum atomic E-state index is 11.7. The van der Waals surface area contributed by atoms with E-state index in [0.717, 1.165) is 36.9 Å². The molecular formula is C16H24N2O3. The fourth-order valence-corrected chi connectivity index (χ4v) is 2.01. The molecule has 4 N–H and O–H groups in total. The molecule has 0 aromatic heterocycles. The second kappa shape index (κ2) is 9.94. The number of nitrogens with one attached hydrogen (secondary N) is 1. The van der Waals surface area contributed by atoms with Crippen molar-refractivity contribution in [3.63, 3.8) is 0 Å². The summed E-state index contributed by atoms with van der Waals surface area (Å²) < 4.78 is 0. The van der Waals surface area contributed by atoms with Crippen LogP contribution < -0.4 is 11.1 Å². The van der Waals surface area contributed by atoms with Gasteiger partial charge in [-0.05, 0) is 43.5 Å². The lowest BCUT2D eigenvalue weighted by molar-refractivity contribution is -0.137. The number of carbonyl (C=O) groups is 2. The quantitative estimate of drug-likeness (QED) is 0.578. The summed E-state index contributed by atoms with van der Waals surface area (Å²) in [6.07, 6.45) is 5.13. The van der Waals surface area contributed by atoms with E-state index in [9.17, 15) is 9.59 Å². The maximum absolute atomic E-state index is 11.7. The largest absolute Gasteiger partial charge is 0.481 e. The van der Waals surface area contributed by atoms with Gasteiger partial charge in [0.15, 0.2) is 0 Å². The molecule has 0 atom stereocenters. The molecule has 0 radical (unpaired) electrons. The first-order valence-corrected chi connectivity index (χ1v) is 7.42. The minimum absolute atomic E-state index is 0.0148. The lowest BCUT2D eigenvalue weighted by Gasteiger charge is -2.06. The van der Waals surface area contributed by atoms with E-state index in [0.29, 0.717) is 19.4 Å². The smallest absolute Gasteiger partial charge is 0.303 e. The van der Waals surface area contributed by atoms with E-state index in [-0.39, 0.29) is 12.3 Å². The number of nitrogens with two attached hydrogens (primary N) is 1. The van der Waals surface area contributed by atoms with Gasteiger partial charge < -0.3 is 16.2 Å². The molecule has 0 fully saturated rings. The summed E-state index contributed by atoms with van der Waals surface area (Å²) in [6, 6.07) is 7.31. The Morgan fingerprint density at radius 2 is 1.67 bits per heavy atom. The van der Waals surface area contributed by atoms with Crippen LogP contribution in [0.5, 0.6) is 0 Å². The van der Waals surface area contributed by atoms with Crippen LogP contribution in [0.2, 0.25) is 0 Å². The third kappa shape index (κ3) is 8.09. The number of aliphatic carboxylic acids is 1. The van der Waals surface area contributed by atoms with Crippen LogP contribution in [0, 0.1) is 0 Å². The maximum Gasteiger partial charge on any atom is 0.303 e. The molecule has 0 saturated carbocycles. The van der Waals surface area contributed by atoms with Crippen LogP contribution in [-0.2, 0) is 16.0 Å². The van der Waals surface area contributed by atoms with Crippen molar-refractivity contribution in [1.82, 2.24) is 0 Å². The van der Waals surface area contributed by atoms with Gasteiger partial charge in [-0.2, -0.15) is 0 Å². The van der Waals surface area contributed by atoms with E-state index >= 15 is 0 Å². The van der Waals surface area contributed by atoms with Crippen molar-refractivity contribution in [1.29, 1.82) is 0 Å². The zero-order chi connectivity index (χ0) is 15.5. The third-order valence-corrected chi connectivity index (χ3v) is 3.22. The van der Waals surface area contributed by atoms with Crippen molar-refractivity contribution < 1.29 is 14.7 Å². The zero-order valence-electron chi connectivity index (χ0n) is 12.3. The van der Waals surface area contributed by atoms with Gasteiger partial charge >= 0.3 is 5.97 Å². The van der Waals surface area contributed by atoms with Crippen molar-refractivity contribution in [3.05, 3.63) is 29.8 Å². The molecule has 1 aromatic carbocycles. The van der Waals surface area contributed by atoms with Crippen LogP contribution in [0.3, 0.4) is 0 Å². The second-order valence-corrected chi connectivity index (χ2v) is 5.09. The number of benzene rings is 1. The summed E-state index contributed by atoms with van der Waals surface area (Å²) in [6.45, 7) is 0.709. The number of rotatable bonds is 10. The molecule has 0 saturated heterocycles.